The first kappa shape index (κ1) is 16.4. The van der Waals surface area contributed by atoms with Crippen molar-refractivity contribution in [3.8, 4) is 10.7 Å². The van der Waals surface area contributed by atoms with E-state index in [0.717, 1.165) is 14.1 Å². The molecule has 0 bridgehead atoms. The van der Waals surface area contributed by atoms with Crippen molar-refractivity contribution in [2.75, 3.05) is 7.05 Å². The molecule has 0 aromatic carbocycles. The molecule has 1 amide bonds. The van der Waals surface area contributed by atoms with Crippen LogP contribution in [0, 0.1) is 4.77 Å². The van der Waals surface area contributed by atoms with Crippen molar-refractivity contribution in [2.45, 2.75) is 13.1 Å². The van der Waals surface area contributed by atoms with Crippen LogP contribution in [-0.2, 0) is 17.9 Å². The normalized spacial score (nSPS) is 10.9. The van der Waals surface area contributed by atoms with E-state index in [1.807, 2.05) is 29.6 Å². The Morgan fingerprint density at radius 1 is 1.48 bits per heavy atom. The summed E-state index contributed by atoms with van der Waals surface area (Å²) in [7, 11) is 1.77. The Morgan fingerprint density at radius 3 is 2.96 bits per heavy atom. The molecule has 0 atom stereocenters. The molecule has 3 rings (SSSR count). The number of hydrogen-bond acceptors (Lipinski definition) is 5. The lowest BCUT2D eigenvalue weighted by molar-refractivity contribution is -0.131. The summed E-state index contributed by atoms with van der Waals surface area (Å²) in [6.45, 7) is 0.675. The molecule has 3 aromatic rings. The van der Waals surface area contributed by atoms with Gasteiger partial charge in [0.15, 0.2) is 10.6 Å². The molecule has 0 saturated heterocycles. The molecule has 0 aliphatic carbocycles. The SMILES string of the molecule is CN(Cc1ccc(Cl)s1)C(=O)Cn1c(-c2cccs2)n[nH]c1=S. The predicted molar refractivity (Wildman–Crippen MR) is 96.5 cm³/mol. The monoisotopic (exact) mass is 384 g/mol. The molecular formula is C14H13ClN4OS3. The molecule has 5 nitrogen and oxygen atoms in total. The van der Waals surface area contributed by atoms with Crippen LogP contribution in [0.1, 0.15) is 4.88 Å². The first-order valence-electron chi connectivity index (χ1n) is 6.72. The van der Waals surface area contributed by atoms with Gasteiger partial charge in [0, 0.05) is 11.9 Å². The van der Waals surface area contributed by atoms with E-state index in [1.54, 1.807) is 27.9 Å². The Labute approximate surface area is 151 Å². The lowest BCUT2D eigenvalue weighted by atomic mass is 10.4. The number of halogens is 1. The number of nitrogens with zero attached hydrogens (tertiary/aromatic N) is 3. The van der Waals surface area contributed by atoms with E-state index in [-0.39, 0.29) is 12.5 Å². The van der Waals surface area contributed by atoms with Crippen LogP contribution in [0.5, 0.6) is 0 Å². The number of nitrogens with one attached hydrogen (secondary N) is 1. The lowest BCUT2D eigenvalue weighted by Crippen LogP contribution is -2.29. The highest BCUT2D eigenvalue weighted by Gasteiger charge is 2.16. The number of carbonyl (C=O) groups is 1. The second-order valence-electron chi connectivity index (χ2n) is 4.87. The number of hydrogen-bond donors (Lipinski definition) is 1. The van der Waals surface area contributed by atoms with Crippen molar-refractivity contribution in [1.29, 1.82) is 0 Å². The third kappa shape index (κ3) is 3.72. The fraction of sp³-hybridized carbons (Fsp3) is 0.214. The summed E-state index contributed by atoms with van der Waals surface area (Å²) in [6.07, 6.45) is 0. The highest BCUT2D eigenvalue weighted by Crippen LogP contribution is 2.24. The van der Waals surface area contributed by atoms with Crippen LogP contribution in [0.3, 0.4) is 0 Å². The average Bonchev–Trinajstić information content (AvgIpc) is 3.23. The number of thiophene rings is 2. The second kappa shape index (κ2) is 6.96. The van der Waals surface area contributed by atoms with E-state index >= 15 is 0 Å². The molecule has 0 aliphatic rings. The number of amides is 1. The molecule has 0 radical (unpaired) electrons. The number of aromatic amines is 1. The van der Waals surface area contributed by atoms with Gasteiger partial charge in [-0.05, 0) is 35.8 Å². The third-order valence-electron chi connectivity index (χ3n) is 3.24. The van der Waals surface area contributed by atoms with Crippen molar-refractivity contribution >= 4 is 52.4 Å². The largest absolute Gasteiger partial charge is 0.339 e. The Bertz CT molecular complexity index is 865. The van der Waals surface area contributed by atoms with Gasteiger partial charge in [-0.1, -0.05) is 17.7 Å². The zero-order valence-corrected chi connectivity index (χ0v) is 15.4. The molecule has 0 spiro atoms. The van der Waals surface area contributed by atoms with Crippen LogP contribution in [0.2, 0.25) is 4.34 Å². The van der Waals surface area contributed by atoms with E-state index in [9.17, 15) is 4.79 Å². The maximum atomic E-state index is 12.5. The first-order chi connectivity index (χ1) is 11.0. The molecule has 120 valence electrons. The van der Waals surface area contributed by atoms with Crippen LogP contribution in [0.4, 0.5) is 0 Å². The molecule has 0 aliphatic heterocycles. The molecule has 0 fully saturated rings. The Kier molecular flexibility index (Phi) is 4.96. The van der Waals surface area contributed by atoms with Crippen molar-refractivity contribution in [2.24, 2.45) is 0 Å². The Morgan fingerprint density at radius 2 is 2.30 bits per heavy atom. The van der Waals surface area contributed by atoms with Crippen molar-refractivity contribution < 1.29 is 4.79 Å². The molecule has 1 N–H and O–H groups in total. The number of carbonyl (C=O) groups excluding carboxylic acids is 1. The summed E-state index contributed by atoms with van der Waals surface area (Å²) >= 11 is 14.2. The molecule has 0 unspecified atom stereocenters. The van der Waals surface area contributed by atoms with Crippen LogP contribution >= 0.6 is 46.5 Å². The maximum absolute atomic E-state index is 12.5. The molecule has 0 saturated carbocycles. The van der Waals surface area contributed by atoms with Gasteiger partial charge in [0.2, 0.25) is 5.91 Å². The van der Waals surface area contributed by atoms with Gasteiger partial charge in [-0.25, -0.2) is 0 Å². The minimum Gasteiger partial charge on any atom is -0.339 e. The standard InChI is InChI=1S/C14H13ClN4OS3/c1-18(7-9-4-5-11(15)23-9)12(20)8-19-13(16-17-14(19)21)10-3-2-6-22-10/h2-6H,7-8H2,1H3,(H,17,21). The van der Waals surface area contributed by atoms with Gasteiger partial charge in [-0.15, -0.1) is 22.7 Å². The van der Waals surface area contributed by atoms with E-state index in [1.165, 1.54) is 11.3 Å². The maximum Gasteiger partial charge on any atom is 0.242 e. The van der Waals surface area contributed by atoms with E-state index in [4.69, 9.17) is 23.8 Å². The van der Waals surface area contributed by atoms with Gasteiger partial charge in [0.1, 0.15) is 6.54 Å². The van der Waals surface area contributed by atoms with E-state index in [0.29, 0.717) is 17.1 Å². The third-order valence-corrected chi connectivity index (χ3v) is 5.63. The van der Waals surface area contributed by atoms with Gasteiger partial charge >= 0.3 is 0 Å². The second-order valence-corrected chi connectivity index (χ2v) is 8.01. The topological polar surface area (TPSA) is 53.9 Å². The number of H-pyrrole nitrogens is 1. The smallest absolute Gasteiger partial charge is 0.242 e. The molecule has 3 aromatic heterocycles. The summed E-state index contributed by atoms with van der Waals surface area (Å²) in [4.78, 5) is 16.2. The van der Waals surface area contributed by atoms with Gasteiger partial charge in [-0.2, -0.15) is 5.10 Å². The highest BCUT2D eigenvalue weighted by atomic mass is 35.5. The minimum atomic E-state index is -0.0372. The lowest BCUT2D eigenvalue weighted by Gasteiger charge is -2.17. The van der Waals surface area contributed by atoms with Crippen LogP contribution < -0.4 is 0 Å². The highest BCUT2D eigenvalue weighted by molar-refractivity contribution is 7.71. The summed E-state index contributed by atoms with van der Waals surface area (Å²) in [5.74, 6) is 0.649. The average molecular weight is 385 g/mol. The zero-order chi connectivity index (χ0) is 16.4. The van der Waals surface area contributed by atoms with Crippen LogP contribution in [0.15, 0.2) is 29.6 Å². The quantitative estimate of drug-likeness (QED) is 0.675. The van der Waals surface area contributed by atoms with Crippen molar-refractivity contribution in [3.05, 3.63) is 43.6 Å². The molecule has 3 heterocycles. The molecular weight excluding hydrogens is 372 g/mol. The summed E-state index contributed by atoms with van der Waals surface area (Å²) < 4.78 is 2.88. The Balaban J connectivity index is 1.75. The molecule has 9 heteroatoms. The van der Waals surface area contributed by atoms with Gasteiger partial charge < -0.3 is 4.90 Å². The van der Waals surface area contributed by atoms with Crippen LogP contribution in [0.25, 0.3) is 10.7 Å². The fourth-order valence-electron chi connectivity index (χ4n) is 2.07. The Hall–Kier alpha value is -1.48. The summed E-state index contributed by atoms with van der Waals surface area (Å²) in [5.41, 5.74) is 0. The number of aromatic nitrogens is 3. The minimum absolute atomic E-state index is 0.0372. The van der Waals surface area contributed by atoms with Gasteiger partial charge in [0.05, 0.1) is 15.8 Å². The van der Waals surface area contributed by atoms with Gasteiger partial charge in [0.25, 0.3) is 0 Å². The first-order valence-corrected chi connectivity index (χ1v) is 9.20. The predicted octanol–water partition coefficient (Wildman–Crippen LogP) is 4.04. The van der Waals surface area contributed by atoms with Crippen molar-refractivity contribution in [1.82, 2.24) is 19.7 Å². The summed E-state index contributed by atoms with van der Waals surface area (Å²) in [6, 6.07) is 7.66. The fourth-order valence-corrected chi connectivity index (χ4v) is 4.13. The molecule has 23 heavy (non-hydrogen) atoms. The van der Waals surface area contributed by atoms with E-state index < -0.39 is 0 Å². The van der Waals surface area contributed by atoms with Crippen LogP contribution in [-0.4, -0.2) is 32.6 Å². The van der Waals surface area contributed by atoms with E-state index in [2.05, 4.69) is 10.2 Å². The van der Waals surface area contributed by atoms with Crippen molar-refractivity contribution in [3.63, 3.8) is 0 Å². The number of likely N-dealkylation sites (N-methyl/N-ethyl adjacent to an activating group) is 1. The summed E-state index contributed by atoms with van der Waals surface area (Å²) in [5, 5.41) is 8.95. The zero-order valence-electron chi connectivity index (χ0n) is 12.2. The number of rotatable bonds is 5. The van der Waals surface area contributed by atoms with Gasteiger partial charge in [-0.3, -0.25) is 14.5 Å².